The lowest BCUT2D eigenvalue weighted by atomic mass is 9.85. The van der Waals surface area contributed by atoms with E-state index in [1.807, 2.05) is 12.2 Å². The second-order valence-corrected chi connectivity index (χ2v) is 11.2. The Morgan fingerprint density at radius 2 is 1.57 bits per heavy atom. The van der Waals surface area contributed by atoms with Crippen molar-refractivity contribution in [2.45, 2.75) is 25.9 Å². The van der Waals surface area contributed by atoms with Crippen LogP contribution in [0.3, 0.4) is 0 Å². The SMILES string of the molecule is CC(OC(=O)c1cc(-c2ccc(N3C(=O)C4CC=CCC4C3=O)cc2)nc2c(Cl)cccc12)C(=O)c1cccc(Cl)c1. The van der Waals surface area contributed by atoms with E-state index in [1.165, 1.54) is 17.9 Å². The Hall–Kier alpha value is -4.33. The van der Waals surface area contributed by atoms with Crippen molar-refractivity contribution in [3.8, 4) is 11.3 Å². The van der Waals surface area contributed by atoms with E-state index in [0.29, 0.717) is 56.3 Å². The summed E-state index contributed by atoms with van der Waals surface area (Å²) >= 11 is 12.5. The number of halogens is 2. The smallest absolute Gasteiger partial charge is 0.339 e. The predicted octanol–water partition coefficient (Wildman–Crippen LogP) is 7.09. The summed E-state index contributed by atoms with van der Waals surface area (Å²) < 4.78 is 5.60. The van der Waals surface area contributed by atoms with Crippen LogP contribution < -0.4 is 4.90 Å². The van der Waals surface area contributed by atoms with Crippen LogP contribution in [0.25, 0.3) is 22.2 Å². The van der Waals surface area contributed by atoms with Crippen LogP contribution in [0.2, 0.25) is 10.0 Å². The topological polar surface area (TPSA) is 93.6 Å². The fourth-order valence-electron chi connectivity index (χ4n) is 5.52. The molecule has 0 saturated carbocycles. The molecule has 3 unspecified atom stereocenters. The summed E-state index contributed by atoms with van der Waals surface area (Å²) in [6.45, 7) is 1.50. The third kappa shape index (κ3) is 4.99. The van der Waals surface area contributed by atoms with E-state index >= 15 is 0 Å². The van der Waals surface area contributed by atoms with E-state index in [2.05, 4.69) is 0 Å². The molecule has 2 aliphatic rings. The highest BCUT2D eigenvalue weighted by Gasteiger charge is 2.47. The van der Waals surface area contributed by atoms with Crippen molar-refractivity contribution in [3.63, 3.8) is 0 Å². The first-order chi connectivity index (χ1) is 20.2. The van der Waals surface area contributed by atoms with Gasteiger partial charge in [0, 0.05) is 21.5 Å². The number of anilines is 1. The molecular weight excluding hydrogens is 575 g/mol. The standard InChI is InChI=1S/C33H24Cl2N2O5/c1-18(30(38)20-6-4-7-21(34)16-20)42-33(41)26-17-28(36-29-23(26)10-5-11-27(29)35)19-12-14-22(15-13-19)37-31(39)24-8-2-3-9-25(24)32(37)40/h2-7,10-18,24-25H,8-9H2,1H3. The Labute approximate surface area is 251 Å². The molecule has 9 heteroatoms. The molecule has 1 fully saturated rings. The number of imide groups is 1. The van der Waals surface area contributed by atoms with Crippen molar-refractivity contribution < 1.29 is 23.9 Å². The number of hydrogen-bond acceptors (Lipinski definition) is 6. The summed E-state index contributed by atoms with van der Waals surface area (Å²) in [5, 5.41) is 1.21. The maximum atomic E-state index is 13.4. The fraction of sp³-hybridized carbons (Fsp3) is 0.182. The molecule has 4 aromatic rings. The number of carbonyl (C=O) groups excluding carboxylic acids is 4. The predicted molar refractivity (Wildman–Crippen MR) is 161 cm³/mol. The molecule has 1 saturated heterocycles. The van der Waals surface area contributed by atoms with Crippen LogP contribution in [-0.2, 0) is 14.3 Å². The number of allylic oxidation sites excluding steroid dienone is 2. The number of pyridine rings is 1. The number of hydrogen-bond donors (Lipinski definition) is 0. The lowest BCUT2D eigenvalue weighted by Gasteiger charge is -2.16. The zero-order valence-corrected chi connectivity index (χ0v) is 23.9. The van der Waals surface area contributed by atoms with Crippen molar-refractivity contribution in [1.29, 1.82) is 0 Å². The van der Waals surface area contributed by atoms with Crippen LogP contribution in [0.1, 0.15) is 40.5 Å². The molecule has 0 N–H and O–H groups in total. The summed E-state index contributed by atoms with van der Waals surface area (Å²) in [6, 6.07) is 20.0. The molecular formula is C33H24Cl2N2O5. The number of nitrogens with zero attached hydrogens (tertiary/aromatic N) is 2. The average Bonchev–Trinajstić information content (AvgIpc) is 3.26. The lowest BCUT2D eigenvalue weighted by molar-refractivity contribution is -0.122. The van der Waals surface area contributed by atoms with Crippen LogP contribution in [-0.4, -0.2) is 34.7 Å². The Kier molecular flexibility index (Phi) is 7.39. The van der Waals surface area contributed by atoms with Gasteiger partial charge in [0.25, 0.3) is 0 Å². The van der Waals surface area contributed by atoms with Gasteiger partial charge in [-0.2, -0.15) is 0 Å². The molecule has 1 aliphatic heterocycles. The van der Waals surface area contributed by atoms with Crippen molar-refractivity contribution in [2.24, 2.45) is 11.8 Å². The van der Waals surface area contributed by atoms with Gasteiger partial charge in [-0.3, -0.25) is 19.3 Å². The molecule has 0 spiro atoms. The zero-order valence-electron chi connectivity index (χ0n) is 22.4. The van der Waals surface area contributed by atoms with Crippen LogP contribution in [0.4, 0.5) is 5.69 Å². The first-order valence-electron chi connectivity index (χ1n) is 13.5. The number of amides is 2. The van der Waals surface area contributed by atoms with Gasteiger partial charge in [-0.05, 0) is 56.2 Å². The number of rotatable bonds is 6. The average molecular weight is 599 g/mol. The van der Waals surface area contributed by atoms with Gasteiger partial charge in [-0.1, -0.05) is 71.8 Å². The molecule has 2 amide bonds. The Balaban J connectivity index is 1.31. The minimum atomic E-state index is -1.07. The molecule has 42 heavy (non-hydrogen) atoms. The number of Topliss-reactive ketones (excluding diaryl/α,β-unsaturated/α-hetero) is 1. The summed E-state index contributed by atoms with van der Waals surface area (Å²) in [5.74, 6) is -2.13. The summed E-state index contributed by atoms with van der Waals surface area (Å²) in [6.07, 6.45) is 3.95. The normalized spacial score (nSPS) is 18.7. The Bertz CT molecular complexity index is 1770. The lowest BCUT2D eigenvalue weighted by Crippen LogP contribution is -2.30. The van der Waals surface area contributed by atoms with Gasteiger partial charge in [0.2, 0.25) is 17.6 Å². The fourth-order valence-corrected chi connectivity index (χ4v) is 5.93. The number of carbonyl (C=O) groups is 4. The van der Waals surface area contributed by atoms with Crippen molar-refractivity contribution in [3.05, 3.63) is 106 Å². The Morgan fingerprint density at radius 3 is 2.24 bits per heavy atom. The molecule has 2 heterocycles. The highest BCUT2D eigenvalue weighted by atomic mass is 35.5. The third-order valence-corrected chi connectivity index (χ3v) is 8.24. The third-order valence-electron chi connectivity index (χ3n) is 7.70. The largest absolute Gasteiger partial charge is 0.451 e. The molecule has 0 bridgehead atoms. The minimum Gasteiger partial charge on any atom is -0.451 e. The molecule has 7 nitrogen and oxygen atoms in total. The summed E-state index contributed by atoms with van der Waals surface area (Å²) in [7, 11) is 0. The highest BCUT2D eigenvalue weighted by molar-refractivity contribution is 6.35. The van der Waals surface area contributed by atoms with Gasteiger partial charge in [-0.15, -0.1) is 0 Å². The maximum Gasteiger partial charge on any atom is 0.339 e. The number of aromatic nitrogens is 1. The second-order valence-electron chi connectivity index (χ2n) is 10.3. The van der Waals surface area contributed by atoms with Crippen LogP contribution >= 0.6 is 23.2 Å². The number of ketones is 1. The molecule has 3 atom stereocenters. The van der Waals surface area contributed by atoms with Gasteiger partial charge in [0.15, 0.2) is 6.10 Å². The molecule has 6 rings (SSSR count). The number of ether oxygens (including phenoxy) is 1. The van der Waals surface area contributed by atoms with Gasteiger partial charge >= 0.3 is 5.97 Å². The van der Waals surface area contributed by atoms with E-state index in [1.54, 1.807) is 66.7 Å². The molecule has 1 aromatic heterocycles. The van der Waals surface area contributed by atoms with E-state index in [4.69, 9.17) is 32.9 Å². The maximum absolute atomic E-state index is 13.4. The Morgan fingerprint density at radius 1 is 0.905 bits per heavy atom. The first kappa shape index (κ1) is 27.8. The van der Waals surface area contributed by atoms with E-state index in [-0.39, 0.29) is 35.0 Å². The van der Waals surface area contributed by atoms with Crippen molar-refractivity contribution in [1.82, 2.24) is 4.98 Å². The van der Waals surface area contributed by atoms with Gasteiger partial charge in [0.05, 0.1) is 39.3 Å². The molecule has 0 radical (unpaired) electrons. The highest BCUT2D eigenvalue weighted by Crippen LogP contribution is 2.38. The molecule has 3 aromatic carbocycles. The van der Waals surface area contributed by atoms with Gasteiger partial charge in [-0.25, -0.2) is 9.78 Å². The molecule has 1 aliphatic carbocycles. The van der Waals surface area contributed by atoms with E-state index in [9.17, 15) is 19.2 Å². The first-order valence-corrected chi connectivity index (χ1v) is 14.2. The number of fused-ring (bicyclic) bond motifs is 2. The van der Waals surface area contributed by atoms with Gasteiger partial charge < -0.3 is 4.74 Å². The van der Waals surface area contributed by atoms with Gasteiger partial charge in [0.1, 0.15) is 0 Å². The zero-order chi connectivity index (χ0) is 29.5. The summed E-state index contributed by atoms with van der Waals surface area (Å²) in [4.78, 5) is 58.3. The molecule has 210 valence electrons. The minimum absolute atomic E-state index is 0.189. The monoisotopic (exact) mass is 598 g/mol. The van der Waals surface area contributed by atoms with Crippen LogP contribution in [0.5, 0.6) is 0 Å². The second kappa shape index (κ2) is 11.2. The van der Waals surface area contributed by atoms with E-state index in [0.717, 1.165) is 0 Å². The number of para-hydroxylation sites is 1. The van der Waals surface area contributed by atoms with E-state index < -0.39 is 12.1 Å². The summed E-state index contributed by atoms with van der Waals surface area (Å²) in [5.41, 5.74) is 2.46. The quantitative estimate of drug-likeness (QED) is 0.102. The number of benzene rings is 3. The van der Waals surface area contributed by atoms with Crippen molar-refractivity contribution in [2.75, 3.05) is 4.90 Å². The number of esters is 1. The van der Waals surface area contributed by atoms with Crippen molar-refractivity contribution >= 4 is 63.4 Å². The van der Waals surface area contributed by atoms with Crippen LogP contribution in [0, 0.1) is 11.8 Å². The van der Waals surface area contributed by atoms with Crippen LogP contribution in [0.15, 0.2) is 84.9 Å².